The Morgan fingerprint density at radius 1 is 1.10 bits per heavy atom. The number of amides is 2. The largest absolute Gasteiger partial charge is 0.436 e. The lowest BCUT2D eigenvalue weighted by molar-refractivity contribution is 0.0989. The van der Waals surface area contributed by atoms with Gasteiger partial charge in [-0.1, -0.05) is 0 Å². The van der Waals surface area contributed by atoms with Crippen LogP contribution in [-0.2, 0) is 7.05 Å². The number of ether oxygens (including phenoxy) is 1. The second-order valence-corrected chi connectivity index (χ2v) is 6.71. The summed E-state index contributed by atoms with van der Waals surface area (Å²) < 4.78 is 7.20. The average molecular weight is 390 g/mol. The zero-order chi connectivity index (χ0) is 20.7. The summed E-state index contributed by atoms with van der Waals surface area (Å²) in [4.78, 5) is 43.4. The second kappa shape index (κ2) is 6.90. The number of anilines is 2. The van der Waals surface area contributed by atoms with Crippen molar-refractivity contribution in [3.8, 4) is 11.6 Å². The first-order chi connectivity index (χ1) is 13.9. The molecule has 2 aromatic heterocycles. The third-order valence-electron chi connectivity index (χ3n) is 4.89. The fraction of sp³-hybridized carbons (Fsp3) is 0.143. The molecule has 0 unspecified atom stereocenters. The highest BCUT2D eigenvalue weighted by Gasteiger charge is 2.27. The summed E-state index contributed by atoms with van der Waals surface area (Å²) in [6.07, 6.45) is 1.58. The van der Waals surface area contributed by atoms with Gasteiger partial charge in [-0.25, -0.2) is 4.98 Å². The van der Waals surface area contributed by atoms with E-state index in [4.69, 9.17) is 4.74 Å². The standard InChI is InChI=1S/C21H18N4O4/c1-12-6-8-14(20(27)24(12)2)18(26)23-13-7-9-17-15(11-13)21(28)25(3)16-5-4-10-22-19(16)29-17/h4-11H,1-3H3,(H,23,26). The molecule has 0 aliphatic carbocycles. The van der Waals surface area contributed by atoms with E-state index in [1.165, 1.54) is 21.6 Å². The SMILES string of the molecule is Cc1ccc(C(=O)Nc2ccc3c(c2)C(=O)N(C)c2cccnc2O3)c(=O)n1C. The molecule has 2 amide bonds. The Balaban J connectivity index is 1.68. The van der Waals surface area contributed by atoms with Crippen molar-refractivity contribution >= 4 is 23.2 Å². The summed E-state index contributed by atoms with van der Waals surface area (Å²) in [7, 11) is 3.23. The number of hydrogen-bond acceptors (Lipinski definition) is 5. The number of fused-ring (bicyclic) bond motifs is 2. The van der Waals surface area contributed by atoms with Gasteiger partial charge in [-0.15, -0.1) is 0 Å². The number of nitrogens with one attached hydrogen (secondary N) is 1. The van der Waals surface area contributed by atoms with Gasteiger partial charge in [-0.05, 0) is 49.4 Å². The molecule has 0 atom stereocenters. The third kappa shape index (κ3) is 3.14. The van der Waals surface area contributed by atoms with Crippen LogP contribution in [0.15, 0.2) is 53.5 Å². The van der Waals surface area contributed by atoms with Gasteiger partial charge in [0, 0.05) is 31.7 Å². The Bertz CT molecular complexity index is 1220. The molecule has 0 saturated carbocycles. The van der Waals surface area contributed by atoms with E-state index in [0.29, 0.717) is 23.0 Å². The maximum absolute atomic E-state index is 12.9. The van der Waals surface area contributed by atoms with Crippen LogP contribution in [0, 0.1) is 6.92 Å². The highest BCUT2D eigenvalue weighted by molar-refractivity contribution is 6.10. The molecule has 146 valence electrons. The van der Waals surface area contributed by atoms with Gasteiger partial charge in [-0.2, -0.15) is 0 Å². The number of rotatable bonds is 2. The maximum atomic E-state index is 12.9. The molecule has 3 heterocycles. The molecule has 29 heavy (non-hydrogen) atoms. The number of aryl methyl sites for hydroxylation is 1. The number of carbonyl (C=O) groups excluding carboxylic acids is 2. The number of nitrogens with zero attached hydrogens (tertiary/aromatic N) is 3. The minimum Gasteiger partial charge on any atom is -0.436 e. The lowest BCUT2D eigenvalue weighted by atomic mass is 10.1. The first kappa shape index (κ1) is 18.4. The molecule has 1 N–H and O–H groups in total. The zero-order valence-electron chi connectivity index (χ0n) is 16.1. The van der Waals surface area contributed by atoms with Gasteiger partial charge >= 0.3 is 0 Å². The number of pyridine rings is 2. The van der Waals surface area contributed by atoms with Crippen molar-refractivity contribution in [3.63, 3.8) is 0 Å². The summed E-state index contributed by atoms with van der Waals surface area (Å²) in [5.41, 5.74) is 1.57. The van der Waals surface area contributed by atoms with Crippen molar-refractivity contribution in [2.24, 2.45) is 7.05 Å². The van der Waals surface area contributed by atoms with Crippen LogP contribution in [0.2, 0.25) is 0 Å². The predicted octanol–water partition coefficient (Wildman–Crippen LogP) is 2.72. The van der Waals surface area contributed by atoms with Gasteiger partial charge in [0.2, 0.25) is 5.88 Å². The van der Waals surface area contributed by atoms with E-state index in [2.05, 4.69) is 10.3 Å². The molecule has 0 spiro atoms. The van der Waals surface area contributed by atoms with Gasteiger partial charge in [0.1, 0.15) is 17.0 Å². The molecule has 0 saturated heterocycles. The lowest BCUT2D eigenvalue weighted by Gasteiger charge is -2.15. The summed E-state index contributed by atoms with van der Waals surface area (Å²) in [6, 6.07) is 11.4. The zero-order valence-corrected chi connectivity index (χ0v) is 16.1. The van der Waals surface area contributed by atoms with Crippen molar-refractivity contribution in [1.82, 2.24) is 9.55 Å². The van der Waals surface area contributed by atoms with E-state index >= 15 is 0 Å². The molecular formula is C21H18N4O4. The summed E-state index contributed by atoms with van der Waals surface area (Å²) in [5, 5.41) is 2.68. The van der Waals surface area contributed by atoms with Crippen molar-refractivity contribution in [2.75, 3.05) is 17.3 Å². The first-order valence-corrected chi connectivity index (χ1v) is 8.90. The smallest absolute Gasteiger partial charge is 0.263 e. The summed E-state index contributed by atoms with van der Waals surface area (Å²) in [6.45, 7) is 1.78. The van der Waals surface area contributed by atoms with E-state index < -0.39 is 11.5 Å². The molecule has 4 rings (SSSR count). The second-order valence-electron chi connectivity index (χ2n) is 6.71. The van der Waals surface area contributed by atoms with E-state index in [1.54, 1.807) is 57.5 Å². The minimum absolute atomic E-state index is 0.0179. The summed E-state index contributed by atoms with van der Waals surface area (Å²) >= 11 is 0. The molecule has 0 radical (unpaired) electrons. The minimum atomic E-state index is -0.550. The van der Waals surface area contributed by atoms with Crippen LogP contribution in [0.5, 0.6) is 11.6 Å². The van der Waals surface area contributed by atoms with Crippen LogP contribution < -0.4 is 20.5 Å². The van der Waals surface area contributed by atoms with E-state index in [1.807, 2.05) is 0 Å². The number of aromatic nitrogens is 2. The number of hydrogen-bond donors (Lipinski definition) is 1. The molecular weight excluding hydrogens is 372 g/mol. The average Bonchev–Trinajstić information content (AvgIpc) is 2.82. The molecule has 1 aromatic carbocycles. The molecule has 8 nitrogen and oxygen atoms in total. The van der Waals surface area contributed by atoms with Crippen molar-refractivity contribution in [2.45, 2.75) is 6.92 Å². The molecule has 1 aliphatic rings. The Labute approximate surface area is 166 Å². The Morgan fingerprint density at radius 3 is 2.69 bits per heavy atom. The monoisotopic (exact) mass is 390 g/mol. The van der Waals surface area contributed by atoms with Crippen molar-refractivity contribution in [1.29, 1.82) is 0 Å². The van der Waals surface area contributed by atoms with E-state index in [-0.39, 0.29) is 17.0 Å². The van der Waals surface area contributed by atoms with Crippen LogP contribution >= 0.6 is 0 Å². The van der Waals surface area contributed by atoms with E-state index in [9.17, 15) is 14.4 Å². The molecule has 0 bridgehead atoms. The van der Waals surface area contributed by atoms with Gasteiger partial charge in [0.15, 0.2) is 0 Å². The fourth-order valence-corrected chi connectivity index (χ4v) is 3.07. The van der Waals surface area contributed by atoms with Gasteiger partial charge in [0.25, 0.3) is 17.4 Å². The topological polar surface area (TPSA) is 93.5 Å². The Morgan fingerprint density at radius 2 is 1.90 bits per heavy atom. The van der Waals surface area contributed by atoms with Crippen LogP contribution in [-0.4, -0.2) is 28.4 Å². The van der Waals surface area contributed by atoms with Crippen LogP contribution in [0.3, 0.4) is 0 Å². The van der Waals surface area contributed by atoms with Gasteiger partial charge < -0.3 is 19.5 Å². The maximum Gasteiger partial charge on any atom is 0.263 e. The Hall–Kier alpha value is -3.94. The molecule has 1 aliphatic heterocycles. The highest BCUT2D eigenvalue weighted by Crippen LogP contribution is 2.37. The summed E-state index contributed by atoms with van der Waals surface area (Å²) in [5.74, 6) is -0.189. The number of carbonyl (C=O) groups is 2. The third-order valence-corrected chi connectivity index (χ3v) is 4.89. The van der Waals surface area contributed by atoms with Crippen molar-refractivity contribution in [3.05, 3.63) is 75.8 Å². The molecule has 3 aromatic rings. The van der Waals surface area contributed by atoms with Gasteiger partial charge in [-0.3, -0.25) is 14.4 Å². The normalized spacial score (nSPS) is 12.5. The fourth-order valence-electron chi connectivity index (χ4n) is 3.07. The lowest BCUT2D eigenvalue weighted by Crippen LogP contribution is -2.28. The highest BCUT2D eigenvalue weighted by atomic mass is 16.5. The van der Waals surface area contributed by atoms with E-state index in [0.717, 1.165) is 5.69 Å². The number of benzene rings is 1. The quantitative estimate of drug-likeness (QED) is 0.726. The van der Waals surface area contributed by atoms with Crippen LogP contribution in [0.4, 0.5) is 11.4 Å². The van der Waals surface area contributed by atoms with Crippen molar-refractivity contribution < 1.29 is 14.3 Å². The first-order valence-electron chi connectivity index (χ1n) is 8.90. The molecule has 0 fully saturated rings. The van der Waals surface area contributed by atoms with Gasteiger partial charge in [0.05, 0.1) is 5.56 Å². The predicted molar refractivity (Wildman–Crippen MR) is 108 cm³/mol. The Kier molecular flexibility index (Phi) is 4.38. The molecule has 8 heteroatoms. The van der Waals surface area contributed by atoms with Crippen LogP contribution in [0.25, 0.3) is 0 Å². The van der Waals surface area contributed by atoms with Crippen LogP contribution in [0.1, 0.15) is 26.4 Å².